The van der Waals surface area contributed by atoms with Crippen LogP contribution in [0.1, 0.15) is 12.1 Å². The predicted octanol–water partition coefficient (Wildman–Crippen LogP) is 3.22. The van der Waals surface area contributed by atoms with E-state index < -0.39 is 17.9 Å². The molecular weight excluding hydrogens is 217 g/mol. The summed E-state index contributed by atoms with van der Waals surface area (Å²) in [4.78, 5) is 7.50. The quantitative estimate of drug-likeness (QED) is 0.782. The third-order valence-corrected chi connectivity index (χ3v) is 2.01. The van der Waals surface area contributed by atoms with Gasteiger partial charge in [-0.05, 0) is 24.3 Å². The summed E-state index contributed by atoms with van der Waals surface area (Å²) in [7, 11) is 0. The first-order valence-electron chi connectivity index (χ1n) is 4.54. The van der Waals surface area contributed by atoms with E-state index in [-0.39, 0.29) is 5.69 Å². The molecule has 0 radical (unpaired) electrons. The molecule has 2 aromatic heterocycles. The molecule has 2 rings (SSSR count). The Kier molecular flexibility index (Phi) is 2.85. The molecule has 0 aliphatic rings. The van der Waals surface area contributed by atoms with Crippen LogP contribution in [0.2, 0.25) is 0 Å². The molecule has 16 heavy (non-hydrogen) atoms. The average molecular weight is 224 g/mol. The fourth-order valence-electron chi connectivity index (χ4n) is 1.27. The first-order valence-corrected chi connectivity index (χ1v) is 4.54. The maximum Gasteiger partial charge on any atom is 0.283 e. The molecule has 0 amide bonds. The molecule has 0 unspecified atom stereocenters. The number of alkyl halides is 2. The molecule has 0 fully saturated rings. The molecule has 0 atom stereocenters. The van der Waals surface area contributed by atoms with Gasteiger partial charge in [-0.2, -0.15) is 0 Å². The van der Waals surface area contributed by atoms with Gasteiger partial charge in [-0.15, -0.1) is 0 Å². The molecule has 2 aromatic rings. The number of nitrogens with zero attached hydrogens (tertiary/aromatic N) is 2. The van der Waals surface area contributed by atoms with Gasteiger partial charge < -0.3 is 0 Å². The third-order valence-electron chi connectivity index (χ3n) is 2.01. The molecule has 0 aliphatic carbocycles. The summed E-state index contributed by atoms with van der Waals surface area (Å²) in [6.07, 6.45) is -1.41. The molecule has 2 heterocycles. The molecule has 0 N–H and O–H groups in total. The van der Waals surface area contributed by atoms with Crippen LogP contribution in [0.5, 0.6) is 0 Å². The Morgan fingerprint density at radius 2 is 1.81 bits per heavy atom. The van der Waals surface area contributed by atoms with Gasteiger partial charge in [0.1, 0.15) is 5.69 Å². The van der Waals surface area contributed by atoms with E-state index in [2.05, 4.69) is 9.97 Å². The van der Waals surface area contributed by atoms with Gasteiger partial charge >= 0.3 is 0 Å². The van der Waals surface area contributed by atoms with E-state index >= 15 is 0 Å². The van der Waals surface area contributed by atoms with Crippen molar-refractivity contribution in [2.75, 3.05) is 0 Å². The number of hydrogen-bond donors (Lipinski definition) is 0. The van der Waals surface area contributed by atoms with E-state index in [1.54, 1.807) is 18.2 Å². The summed E-state index contributed by atoms with van der Waals surface area (Å²) in [5, 5.41) is 0. The second-order valence-corrected chi connectivity index (χ2v) is 3.08. The minimum atomic E-state index is -2.93. The van der Waals surface area contributed by atoms with Crippen molar-refractivity contribution in [3.05, 3.63) is 48.0 Å². The van der Waals surface area contributed by atoms with Crippen LogP contribution in [0.15, 0.2) is 36.5 Å². The van der Waals surface area contributed by atoms with Crippen molar-refractivity contribution in [3.8, 4) is 11.4 Å². The molecule has 2 nitrogen and oxygen atoms in total. The summed E-state index contributed by atoms with van der Waals surface area (Å²) < 4.78 is 37.8. The van der Waals surface area contributed by atoms with Gasteiger partial charge in [-0.25, -0.2) is 18.2 Å². The topological polar surface area (TPSA) is 25.8 Å². The van der Waals surface area contributed by atoms with Crippen LogP contribution in [-0.4, -0.2) is 9.97 Å². The van der Waals surface area contributed by atoms with E-state index in [9.17, 15) is 13.2 Å². The van der Waals surface area contributed by atoms with Gasteiger partial charge in [0.2, 0.25) is 0 Å². The average Bonchev–Trinajstić information content (AvgIpc) is 2.30. The van der Waals surface area contributed by atoms with Crippen molar-refractivity contribution in [1.82, 2.24) is 9.97 Å². The Hall–Kier alpha value is -1.91. The second kappa shape index (κ2) is 4.30. The Balaban J connectivity index is 2.48. The molecular formula is C11H7F3N2. The van der Waals surface area contributed by atoms with Crippen LogP contribution in [-0.2, 0) is 0 Å². The van der Waals surface area contributed by atoms with Gasteiger partial charge in [-0.3, -0.25) is 4.98 Å². The SMILES string of the molecule is Fc1ccc(-c2ccccn2)nc1C(F)F. The lowest BCUT2D eigenvalue weighted by Gasteiger charge is -2.04. The summed E-state index contributed by atoms with van der Waals surface area (Å²) in [6, 6.07) is 7.31. The minimum Gasteiger partial charge on any atom is -0.255 e. The van der Waals surface area contributed by atoms with E-state index in [4.69, 9.17) is 0 Å². The summed E-state index contributed by atoms with van der Waals surface area (Å²) in [6.45, 7) is 0. The highest BCUT2D eigenvalue weighted by Crippen LogP contribution is 2.23. The van der Waals surface area contributed by atoms with Crippen LogP contribution >= 0.6 is 0 Å². The van der Waals surface area contributed by atoms with E-state index in [0.29, 0.717) is 5.69 Å². The molecule has 0 bridgehead atoms. The Morgan fingerprint density at radius 3 is 2.44 bits per heavy atom. The van der Waals surface area contributed by atoms with Gasteiger partial charge in [0.05, 0.1) is 11.4 Å². The van der Waals surface area contributed by atoms with Crippen molar-refractivity contribution in [3.63, 3.8) is 0 Å². The van der Waals surface area contributed by atoms with Crippen LogP contribution in [0, 0.1) is 5.82 Å². The first-order chi connectivity index (χ1) is 7.68. The van der Waals surface area contributed by atoms with Gasteiger partial charge in [0, 0.05) is 6.20 Å². The number of halogens is 3. The fraction of sp³-hybridized carbons (Fsp3) is 0.0909. The van der Waals surface area contributed by atoms with Crippen LogP contribution in [0.25, 0.3) is 11.4 Å². The van der Waals surface area contributed by atoms with E-state index in [0.717, 1.165) is 6.07 Å². The molecule has 0 saturated carbocycles. The van der Waals surface area contributed by atoms with Crippen LogP contribution < -0.4 is 0 Å². The monoisotopic (exact) mass is 224 g/mol. The Bertz CT molecular complexity index is 486. The molecule has 0 aliphatic heterocycles. The zero-order chi connectivity index (χ0) is 11.5. The molecule has 0 aromatic carbocycles. The first kappa shape index (κ1) is 10.6. The van der Waals surface area contributed by atoms with Crippen LogP contribution in [0.3, 0.4) is 0 Å². The number of pyridine rings is 2. The maximum absolute atomic E-state index is 13.0. The predicted molar refractivity (Wildman–Crippen MR) is 52.4 cm³/mol. The van der Waals surface area contributed by atoms with Crippen molar-refractivity contribution in [2.24, 2.45) is 0 Å². The standard InChI is InChI=1S/C11H7F3N2/c12-7-4-5-9(16-10(7)11(13)14)8-3-1-2-6-15-8/h1-6,11H. The van der Waals surface area contributed by atoms with E-state index in [1.165, 1.54) is 12.3 Å². The van der Waals surface area contributed by atoms with Crippen molar-refractivity contribution >= 4 is 0 Å². The lowest BCUT2D eigenvalue weighted by atomic mass is 10.2. The highest BCUT2D eigenvalue weighted by Gasteiger charge is 2.16. The summed E-state index contributed by atoms with van der Waals surface area (Å²) in [5.74, 6) is -1.00. The smallest absolute Gasteiger partial charge is 0.255 e. The maximum atomic E-state index is 13.0. The van der Waals surface area contributed by atoms with Crippen LogP contribution in [0.4, 0.5) is 13.2 Å². The Morgan fingerprint density at radius 1 is 1.00 bits per heavy atom. The molecule has 5 heteroatoms. The van der Waals surface area contributed by atoms with Crippen molar-refractivity contribution in [2.45, 2.75) is 6.43 Å². The van der Waals surface area contributed by atoms with Crippen molar-refractivity contribution in [1.29, 1.82) is 0 Å². The summed E-state index contributed by atoms with van der Waals surface area (Å²) in [5.41, 5.74) is -0.176. The fourth-order valence-corrected chi connectivity index (χ4v) is 1.27. The van der Waals surface area contributed by atoms with E-state index in [1.807, 2.05) is 0 Å². The highest BCUT2D eigenvalue weighted by atomic mass is 19.3. The Labute approximate surface area is 89.8 Å². The zero-order valence-electron chi connectivity index (χ0n) is 8.07. The second-order valence-electron chi connectivity index (χ2n) is 3.08. The summed E-state index contributed by atoms with van der Waals surface area (Å²) >= 11 is 0. The highest BCUT2D eigenvalue weighted by molar-refractivity contribution is 5.53. The zero-order valence-corrected chi connectivity index (χ0v) is 8.07. The third kappa shape index (κ3) is 2.03. The molecule has 82 valence electrons. The lowest BCUT2D eigenvalue weighted by molar-refractivity contribution is 0.140. The number of aromatic nitrogens is 2. The molecule has 0 saturated heterocycles. The largest absolute Gasteiger partial charge is 0.283 e. The van der Waals surface area contributed by atoms with Crippen molar-refractivity contribution < 1.29 is 13.2 Å². The van der Waals surface area contributed by atoms with Gasteiger partial charge in [0.25, 0.3) is 6.43 Å². The van der Waals surface area contributed by atoms with Gasteiger partial charge in [0.15, 0.2) is 5.82 Å². The molecule has 0 spiro atoms. The lowest BCUT2D eigenvalue weighted by Crippen LogP contribution is -1.98. The normalized spacial score (nSPS) is 10.8. The number of rotatable bonds is 2. The number of hydrogen-bond acceptors (Lipinski definition) is 2. The van der Waals surface area contributed by atoms with Gasteiger partial charge in [-0.1, -0.05) is 6.07 Å². The minimum absolute atomic E-state index is 0.234.